The summed E-state index contributed by atoms with van der Waals surface area (Å²) in [4.78, 5) is 12.2. The van der Waals surface area contributed by atoms with E-state index in [1.807, 2.05) is 24.3 Å². The van der Waals surface area contributed by atoms with Gasteiger partial charge >= 0.3 is 0 Å². The fourth-order valence-corrected chi connectivity index (χ4v) is 4.36. The molecule has 0 radical (unpaired) electrons. The van der Waals surface area contributed by atoms with E-state index in [1.165, 1.54) is 16.5 Å². The van der Waals surface area contributed by atoms with Crippen molar-refractivity contribution >= 4 is 55.8 Å². The van der Waals surface area contributed by atoms with Crippen molar-refractivity contribution in [3.63, 3.8) is 0 Å². The van der Waals surface area contributed by atoms with Gasteiger partial charge in [0.05, 0.1) is 5.52 Å². The SMILES string of the molecule is Cc1cc2nnc(SCCC(=O)Nc3ccc(Br)cc3)n2c2c(C)cccc12. The summed E-state index contributed by atoms with van der Waals surface area (Å²) in [5.74, 6) is 0.616. The molecule has 0 fully saturated rings. The summed E-state index contributed by atoms with van der Waals surface area (Å²) in [6, 6.07) is 15.9. The molecule has 7 heteroatoms. The molecule has 0 aliphatic heterocycles. The van der Waals surface area contributed by atoms with Gasteiger partial charge in [-0.1, -0.05) is 45.9 Å². The minimum absolute atomic E-state index is 0.0134. The number of aryl methyl sites for hydroxylation is 2. The summed E-state index contributed by atoms with van der Waals surface area (Å²) in [5.41, 5.74) is 5.12. The standard InChI is InChI=1S/C21H19BrN4OS/c1-13-4-3-5-17-14(2)12-18-24-25-21(26(18)20(13)17)28-11-10-19(27)23-16-8-6-15(22)7-9-16/h3-9,12H,10-11H2,1-2H3,(H,23,27). The van der Waals surface area contributed by atoms with Crippen LogP contribution in [0.3, 0.4) is 0 Å². The maximum Gasteiger partial charge on any atom is 0.225 e. The van der Waals surface area contributed by atoms with Crippen molar-refractivity contribution < 1.29 is 4.79 Å². The van der Waals surface area contributed by atoms with Gasteiger partial charge in [-0.25, -0.2) is 0 Å². The Bertz CT molecular complexity index is 1170. The first-order valence-electron chi connectivity index (χ1n) is 8.95. The second kappa shape index (κ2) is 7.93. The zero-order valence-electron chi connectivity index (χ0n) is 15.6. The molecule has 0 aliphatic rings. The van der Waals surface area contributed by atoms with E-state index in [2.05, 4.69) is 74.0 Å². The Kier molecular flexibility index (Phi) is 5.37. The van der Waals surface area contributed by atoms with Crippen molar-refractivity contribution in [3.05, 3.63) is 64.1 Å². The number of rotatable bonds is 5. The lowest BCUT2D eigenvalue weighted by Crippen LogP contribution is -2.12. The van der Waals surface area contributed by atoms with Gasteiger partial charge in [-0.15, -0.1) is 10.2 Å². The Morgan fingerprint density at radius 1 is 1.11 bits per heavy atom. The average Bonchev–Trinajstić information content (AvgIpc) is 3.06. The maximum atomic E-state index is 12.2. The summed E-state index contributed by atoms with van der Waals surface area (Å²) in [5, 5.41) is 13.6. The number of nitrogens with zero attached hydrogens (tertiary/aromatic N) is 3. The Morgan fingerprint density at radius 3 is 2.68 bits per heavy atom. The van der Waals surface area contributed by atoms with Crippen molar-refractivity contribution in [2.75, 3.05) is 11.1 Å². The van der Waals surface area contributed by atoms with E-state index in [4.69, 9.17) is 0 Å². The van der Waals surface area contributed by atoms with Crippen molar-refractivity contribution in [1.82, 2.24) is 14.6 Å². The second-order valence-electron chi connectivity index (χ2n) is 6.63. The van der Waals surface area contributed by atoms with Gasteiger partial charge in [0, 0.05) is 27.7 Å². The Morgan fingerprint density at radius 2 is 1.89 bits per heavy atom. The van der Waals surface area contributed by atoms with Crippen molar-refractivity contribution in [2.24, 2.45) is 0 Å². The lowest BCUT2D eigenvalue weighted by atomic mass is 10.1. The fourth-order valence-electron chi connectivity index (χ4n) is 3.22. The summed E-state index contributed by atoms with van der Waals surface area (Å²) in [6.07, 6.45) is 0.401. The van der Waals surface area contributed by atoms with Crippen LogP contribution in [0.1, 0.15) is 17.5 Å². The van der Waals surface area contributed by atoms with Crippen LogP contribution in [-0.4, -0.2) is 26.3 Å². The first-order valence-corrected chi connectivity index (χ1v) is 10.7. The monoisotopic (exact) mass is 454 g/mol. The lowest BCUT2D eigenvalue weighted by Gasteiger charge is -2.10. The molecule has 2 heterocycles. The van der Waals surface area contributed by atoms with Gasteiger partial charge in [0.2, 0.25) is 5.91 Å². The molecule has 0 unspecified atom stereocenters. The lowest BCUT2D eigenvalue weighted by molar-refractivity contribution is -0.115. The van der Waals surface area contributed by atoms with E-state index in [9.17, 15) is 4.79 Å². The molecule has 0 saturated heterocycles. The molecule has 0 bridgehead atoms. The highest BCUT2D eigenvalue weighted by atomic mass is 79.9. The molecule has 5 nitrogen and oxygen atoms in total. The number of carbonyl (C=O) groups excluding carboxylic acids is 1. The number of para-hydroxylation sites is 1. The summed E-state index contributed by atoms with van der Waals surface area (Å²) in [6.45, 7) is 4.19. The Balaban J connectivity index is 1.51. The number of amides is 1. The van der Waals surface area contributed by atoms with Gasteiger partial charge in [-0.3, -0.25) is 9.20 Å². The van der Waals surface area contributed by atoms with E-state index in [-0.39, 0.29) is 5.91 Å². The number of thioether (sulfide) groups is 1. The summed E-state index contributed by atoms with van der Waals surface area (Å²) in [7, 11) is 0. The van der Waals surface area contributed by atoms with Crippen LogP contribution in [-0.2, 0) is 4.79 Å². The number of anilines is 1. The minimum Gasteiger partial charge on any atom is -0.326 e. The highest BCUT2D eigenvalue weighted by Gasteiger charge is 2.13. The molecule has 2 aromatic carbocycles. The van der Waals surface area contributed by atoms with Crippen LogP contribution < -0.4 is 5.32 Å². The van der Waals surface area contributed by atoms with Gasteiger partial charge in [0.25, 0.3) is 0 Å². The van der Waals surface area contributed by atoms with Crippen molar-refractivity contribution in [3.8, 4) is 0 Å². The van der Waals surface area contributed by atoms with Crippen LogP contribution in [0.4, 0.5) is 5.69 Å². The predicted molar refractivity (Wildman–Crippen MR) is 118 cm³/mol. The first-order chi connectivity index (χ1) is 13.5. The molecule has 4 aromatic rings. The smallest absolute Gasteiger partial charge is 0.225 e. The van der Waals surface area contributed by atoms with Crippen LogP contribution in [0.2, 0.25) is 0 Å². The Hall–Kier alpha value is -2.38. The predicted octanol–water partition coefficient (Wildman–Crippen LogP) is 5.38. The molecule has 0 saturated carbocycles. The van der Waals surface area contributed by atoms with E-state index >= 15 is 0 Å². The number of fused-ring (bicyclic) bond motifs is 3. The molecule has 28 heavy (non-hydrogen) atoms. The zero-order chi connectivity index (χ0) is 19.7. The van der Waals surface area contributed by atoms with E-state index < -0.39 is 0 Å². The average molecular weight is 455 g/mol. The fraction of sp³-hybridized carbons (Fsp3) is 0.190. The number of carbonyl (C=O) groups is 1. The van der Waals surface area contributed by atoms with Gasteiger partial charge in [0.15, 0.2) is 10.8 Å². The van der Waals surface area contributed by atoms with Crippen molar-refractivity contribution in [1.29, 1.82) is 0 Å². The molecule has 2 aromatic heterocycles. The van der Waals surface area contributed by atoms with Gasteiger partial charge in [-0.2, -0.15) is 0 Å². The molecule has 4 rings (SSSR count). The van der Waals surface area contributed by atoms with E-state index in [0.29, 0.717) is 12.2 Å². The molecule has 0 spiro atoms. The quantitative estimate of drug-likeness (QED) is 0.411. The van der Waals surface area contributed by atoms with Gasteiger partial charge < -0.3 is 5.32 Å². The minimum atomic E-state index is -0.0134. The number of halogens is 1. The normalized spacial score (nSPS) is 11.2. The maximum absolute atomic E-state index is 12.2. The third kappa shape index (κ3) is 3.77. The van der Waals surface area contributed by atoms with E-state index in [1.54, 1.807) is 11.8 Å². The second-order valence-corrected chi connectivity index (χ2v) is 8.61. The zero-order valence-corrected chi connectivity index (χ0v) is 18.0. The highest BCUT2D eigenvalue weighted by Crippen LogP contribution is 2.28. The molecular formula is C21H19BrN4OS. The molecule has 1 amide bonds. The third-order valence-electron chi connectivity index (χ3n) is 4.58. The summed E-state index contributed by atoms with van der Waals surface area (Å²) >= 11 is 4.94. The summed E-state index contributed by atoms with van der Waals surface area (Å²) < 4.78 is 3.08. The van der Waals surface area contributed by atoms with Crippen molar-refractivity contribution in [2.45, 2.75) is 25.4 Å². The van der Waals surface area contributed by atoms with Gasteiger partial charge in [-0.05, 0) is 55.3 Å². The first kappa shape index (κ1) is 19.0. The molecule has 1 N–H and O–H groups in total. The number of hydrogen-bond donors (Lipinski definition) is 1. The molecule has 142 valence electrons. The highest BCUT2D eigenvalue weighted by molar-refractivity contribution is 9.10. The van der Waals surface area contributed by atoms with Crippen LogP contribution in [0.15, 0.2) is 58.2 Å². The number of nitrogens with one attached hydrogen (secondary N) is 1. The number of hydrogen-bond acceptors (Lipinski definition) is 4. The third-order valence-corrected chi connectivity index (χ3v) is 6.04. The van der Waals surface area contributed by atoms with Crippen LogP contribution >= 0.6 is 27.7 Å². The molecular weight excluding hydrogens is 436 g/mol. The topological polar surface area (TPSA) is 59.3 Å². The molecule has 0 aliphatic carbocycles. The van der Waals surface area contributed by atoms with Crippen LogP contribution in [0.25, 0.3) is 16.6 Å². The van der Waals surface area contributed by atoms with Crippen LogP contribution in [0.5, 0.6) is 0 Å². The number of benzene rings is 2. The van der Waals surface area contributed by atoms with Gasteiger partial charge in [0.1, 0.15) is 0 Å². The molecule has 0 atom stereocenters. The van der Waals surface area contributed by atoms with Crippen LogP contribution in [0, 0.1) is 13.8 Å². The Labute approximate surface area is 175 Å². The number of aromatic nitrogens is 3. The van der Waals surface area contributed by atoms with E-state index in [0.717, 1.165) is 26.5 Å². The number of pyridine rings is 1. The largest absolute Gasteiger partial charge is 0.326 e.